The molecule has 0 rings (SSSR count). The number of hydrogen-bond donors (Lipinski definition) is 0. The van der Waals surface area contributed by atoms with E-state index < -0.39 is 0 Å². The van der Waals surface area contributed by atoms with Crippen LogP contribution in [0.2, 0.25) is 0 Å². The quantitative estimate of drug-likeness (QED) is 0.372. The zero-order valence-corrected chi connectivity index (χ0v) is 8.26. The molecule has 0 spiro atoms. The van der Waals surface area contributed by atoms with Gasteiger partial charge in [0, 0.05) is 0 Å². The Morgan fingerprint density at radius 1 is 0.917 bits per heavy atom. The Morgan fingerprint density at radius 2 is 1.67 bits per heavy atom. The van der Waals surface area contributed by atoms with Gasteiger partial charge in [0.05, 0.1) is 0 Å². The molecule has 0 aliphatic heterocycles. The third kappa shape index (κ3) is 9.48. The maximum absolute atomic E-state index is 5.25. The van der Waals surface area contributed by atoms with Crippen LogP contribution in [0.1, 0.15) is 51.9 Å². The van der Waals surface area contributed by atoms with Gasteiger partial charge in [-0.1, -0.05) is 51.0 Å². The second kappa shape index (κ2) is 10.5. The van der Waals surface area contributed by atoms with E-state index in [1.54, 1.807) is 6.08 Å². The number of hydrogen-bond acceptors (Lipinski definition) is 0. The van der Waals surface area contributed by atoms with Gasteiger partial charge in [-0.25, -0.2) is 0 Å². The van der Waals surface area contributed by atoms with E-state index in [9.17, 15) is 0 Å². The molecule has 0 heteroatoms. The van der Waals surface area contributed by atoms with Crippen molar-refractivity contribution in [3.63, 3.8) is 0 Å². The smallest absolute Gasteiger partial charge is 0.0313 e. The highest BCUT2D eigenvalue weighted by Crippen LogP contribution is 2.03. The molecular formula is C12H21. The summed E-state index contributed by atoms with van der Waals surface area (Å²) < 4.78 is 0. The summed E-state index contributed by atoms with van der Waals surface area (Å²) in [6, 6.07) is 0. The Bertz CT molecular complexity index is 111. The fraction of sp³-hybridized carbons (Fsp3) is 0.667. The Balaban J connectivity index is 2.97. The second-order valence-electron chi connectivity index (χ2n) is 3.13. The predicted molar refractivity (Wildman–Crippen MR) is 56.0 cm³/mol. The fourth-order valence-electron chi connectivity index (χ4n) is 1.12. The van der Waals surface area contributed by atoms with Crippen LogP contribution in [0, 0.1) is 6.58 Å². The molecule has 69 valence electrons. The Kier molecular flexibility index (Phi) is 10.0. The zero-order chi connectivity index (χ0) is 9.07. The normalized spacial score (nSPS) is 10.8. The molecule has 0 aliphatic rings. The van der Waals surface area contributed by atoms with Crippen LogP contribution in [0.3, 0.4) is 0 Å². The third-order valence-corrected chi connectivity index (χ3v) is 1.89. The molecule has 0 atom stereocenters. The fourth-order valence-corrected chi connectivity index (χ4v) is 1.12. The van der Waals surface area contributed by atoms with Crippen molar-refractivity contribution >= 4 is 0 Å². The van der Waals surface area contributed by atoms with Gasteiger partial charge in [0.1, 0.15) is 0 Å². The summed E-state index contributed by atoms with van der Waals surface area (Å²) in [6.07, 6.45) is 15.0. The minimum absolute atomic E-state index is 1.01. The van der Waals surface area contributed by atoms with Crippen LogP contribution in [0.5, 0.6) is 0 Å². The average Bonchev–Trinajstić information content (AvgIpc) is 2.10. The van der Waals surface area contributed by atoms with Gasteiger partial charge < -0.3 is 0 Å². The second-order valence-corrected chi connectivity index (χ2v) is 3.13. The van der Waals surface area contributed by atoms with Crippen molar-refractivity contribution < 1.29 is 0 Å². The topological polar surface area (TPSA) is 0 Å². The van der Waals surface area contributed by atoms with Crippen LogP contribution in [0.25, 0.3) is 0 Å². The molecule has 0 fully saturated rings. The largest absolute Gasteiger partial charge is 0.0885 e. The van der Waals surface area contributed by atoms with Crippen molar-refractivity contribution in [2.45, 2.75) is 51.9 Å². The number of rotatable bonds is 8. The van der Waals surface area contributed by atoms with E-state index in [0.717, 1.165) is 12.8 Å². The van der Waals surface area contributed by atoms with E-state index >= 15 is 0 Å². The third-order valence-electron chi connectivity index (χ3n) is 1.89. The van der Waals surface area contributed by atoms with Crippen molar-refractivity contribution in [2.24, 2.45) is 0 Å². The lowest BCUT2D eigenvalue weighted by atomic mass is 10.1. The van der Waals surface area contributed by atoms with Gasteiger partial charge in [-0.15, -0.1) is 0 Å². The first-order chi connectivity index (χ1) is 5.91. The highest BCUT2D eigenvalue weighted by atomic mass is 13.9. The van der Waals surface area contributed by atoms with E-state index in [2.05, 4.69) is 19.1 Å². The lowest BCUT2D eigenvalue weighted by Crippen LogP contribution is -1.73. The number of unbranched alkanes of at least 4 members (excludes halogenated alkanes) is 5. The molecule has 0 aromatic carbocycles. The first kappa shape index (κ1) is 11.5. The van der Waals surface area contributed by atoms with E-state index in [0.29, 0.717) is 0 Å². The molecule has 0 saturated carbocycles. The molecule has 1 radical (unpaired) electrons. The summed E-state index contributed by atoms with van der Waals surface area (Å²) in [5.74, 6) is 0. The molecule has 12 heavy (non-hydrogen) atoms. The molecular weight excluding hydrogens is 144 g/mol. The average molecular weight is 165 g/mol. The van der Waals surface area contributed by atoms with Crippen LogP contribution in [-0.4, -0.2) is 0 Å². The lowest BCUT2D eigenvalue weighted by Gasteiger charge is -1.93. The van der Waals surface area contributed by atoms with Crippen molar-refractivity contribution in [2.75, 3.05) is 0 Å². The van der Waals surface area contributed by atoms with Gasteiger partial charge in [0.15, 0.2) is 0 Å². The maximum Gasteiger partial charge on any atom is -0.0313 e. The molecule has 0 aliphatic carbocycles. The number of allylic oxidation sites excluding steroid dienone is 3. The molecule has 0 N–H and O–H groups in total. The maximum atomic E-state index is 5.25. The van der Waals surface area contributed by atoms with Crippen molar-refractivity contribution in [3.8, 4) is 0 Å². The minimum atomic E-state index is 1.01. The SMILES string of the molecule is [CH]=CCC/C=C/CCCCCC. The monoisotopic (exact) mass is 165 g/mol. The van der Waals surface area contributed by atoms with Crippen molar-refractivity contribution in [3.05, 3.63) is 24.8 Å². The Hall–Kier alpha value is -0.520. The standard InChI is InChI=1S/C12H21/c1-3-5-7-9-11-12-10-8-6-4-2/h1,3,9,11H,4-8,10,12H2,2H3/b3-1?,11-9+. The molecule has 0 nitrogen and oxygen atoms in total. The summed E-state index contributed by atoms with van der Waals surface area (Å²) >= 11 is 0. The van der Waals surface area contributed by atoms with Gasteiger partial charge in [0.2, 0.25) is 0 Å². The van der Waals surface area contributed by atoms with Crippen molar-refractivity contribution in [1.29, 1.82) is 0 Å². The van der Waals surface area contributed by atoms with Crippen LogP contribution in [0.4, 0.5) is 0 Å². The minimum Gasteiger partial charge on any atom is -0.0885 e. The molecule has 0 bridgehead atoms. The molecule has 0 saturated heterocycles. The zero-order valence-electron chi connectivity index (χ0n) is 8.26. The molecule has 0 amide bonds. The molecule has 0 unspecified atom stereocenters. The summed E-state index contributed by atoms with van der Waals surface area (Å²) in [5.41, 5.74) is 0. The van der Waals surface area contributed by atoms with Gasteiger partial charge >= 0.3 is 0 Å². The van der Waals surface area contributed by atoms with Crippen molar-refractivity contribution in [1.82, 2.24) is 0 Å². The van der Waals surface area contributed by atoms with E-state index in [4.69, 9.17) is 6.58 Å². The Morgan fingerprint density at radius 3 is 2.33 bits per heavy atom. The highest BCUT2D eigenvalue weighted by molar-refractivity contribution is 4.83. The van der Waals surface area contributed by atoms with Crippen LogP contribution in [0.15, 0.2) is 18.2 Å². The van der Waals surface area contributed by atoms with Crippen LogP contribution < -0.4 is 0 Å². The summed E-state index contributed by atoms with van der Waals surface area (Å²) in [6.45, 7) is 7.49. The van der Waals surface area contributed by atoms with E-state index in [1.165, 1.54) is 32.1 Å². The van der Waals surface area contributed by atoms with E-state index in [1.807, 2.05) is 0 Å². The Labute approximate surface area is 77.4 Å². The van der Waals surface area contributed by atoms with Crippen LogP contribution in [-0.2, 0) is 0 Å². The van der Waals surface area contributed by atoms with Gasteiger partial charge in [0.25, 0.3) is 0 Å². The molecule has 0 aromatic rings. The van der Waals surface area contributed by atoms with Gasteiger partial charge in [-0.3, -0.25) is 0 Å². The molecule has 0 aromatic heterocycles. The van der Waals surface area contributed by atoms with E-state index in [-0.39, 0.29) is 0 Å². The molecule has 0 heterocycles. The first-order valence-electron chi connectivity index (χ1n) is 5.10. The summed E-state index contributed by atoms with van der Waals surface area (Å²) in [4.78, 5) is 0. The lowest BCUT2D eigenvalue weighted by molar-refractivity contribution is 0.674. The first-order valence-corrected chi connectivity index (χ1v) is 5.10. The van der Waals surface area contributed by atoms with Gasteiger partial charge in [-0.05, 0) is 25.7 Å². The predicted octanol–water partition coefficient (Wildman–Crippen LogP) is 4.28. The van der Waals surface area contributed by atoms with Crippen LogP contribution >= 0.6 is 0 Å². The summed E-state index contributed by atoms with van der Waals surface area (Å²) in [7, 11) is 0. The van der Waals surface area contributed by atoms with Gasteiger partial charge in [-0.2, -0.15) is 0 Å². The summed E-state index contributed by atoms with van der Waals surface area (Å²) in [5, 5.41) is 0. The highest BCUT2D eigenvalue weighted by Gasteiger charge is 1.83.